The van der Waals surface area contributed by atoms with Gasteiger partial charge in [0.1, 0.15) is 12.5 Å². The number of amides is 1. The third kappa shape index (κ3) is 3.60. The Bertz CT molecular complexity index is 505. The minimum absolute atomic E-state index is 0.239. The van der Waals surface area contributed by atoms with E-state index in [9.17, 15) is 9.59 Å². The van der Waals surface area contributed by atoms with Crippen molar-refractivity contribution in [3.8, 4) is 0 Å². The Hall–Kier alpha value is -1.89. The monoisotopic (exact) mass is 296 g/mol. The van der Waals surface area contributed by atoms with Gasteiger partial charge in [-0.1, -0.05) is 5.16 Å². The second-order valence-electron chi connectivity index (χ2n) is 5.31. The van der Waals surface area contributed by atoms with E-state index in [1.807, 2.05) is 6.07 Å². The Kier molecular flexibility index (Phi) is 4.95. The van der Waals surface area contributed by atoms with E-state index < -0.39 is 11.9 Å². The summed E-state index contributed by atoms with van der Waals surface area (Å²) in [7, 11) is 1.59. The Morgan fingerprint density at radius 1 is 1.52 bits per heavy atom. The maximum Gasteiger partial charge on any atom is 0.315 e. The Balaban J connectivity index is 1.90. The van der Waals surface area contributed by atoms with Crippen molar-refractivity contribution in [1.29, 1.82) is 0 Å². The van der Waals surface area contributed by atoms with Crippen LogP contribution in [0.3, 0.4) is 0 Å². The highest BCUT2D eigenvalue weighted by atomic mass is 16.5. The summed E-state index contributed by atoms with van der Waals surface area (Å²) in [5.41, 5.74) is 0.875. The van der Waals surface area contributed by atoms with Gasteiger partial charge in [-0.3, -0.25) is 9.59 Å². The van der Waals surface area contributed by atoms with E-state index >= 15 is 0 Å². The molecule has 1 fully saturated rings. The average molecular weight is 296 g/mol. The molecule has 2 heterocycles. The summed E-state index contributed by atoms with van der Waals surface area (Å²) in [5.74, 6) is -1.46. The predicted octanol–water partition coefficient (Wildman–Crippen LogP) is 1.25. The zero-order valence-electron chi connectivity index (χ0n) is 12.2. The summed E-state index contributed by atoms with van der Waals surface area (Å²) in [5, 5.41) is 12.9. The molecule has 1 aromatic rings. The molecule has 0 spiro atoms. The number of methoxy groups -OCH3 is 1. The molecular formula is C14H20N2O5. The highest BCUT2D eigenvalue weighted by Gasteiger charge is 2.30. The van der Waals surface area contributed by atoms with Crippen LogP contribution in [-0.2, 0) is 20.9 Å². The largest absolute Gasteiger partial charge is 0.481 e. The number of nitrogens with zero attached hydrogens (tertiary/aromatic N) is 2. The van der Waals surface area contributed by atoms with Crippen molar-refractivity contribution in [2.24, 2.45) is 5.92 Å². The maximum atomic E-state index is 12.0. The van der Waals surface area contributed by atoms with E-state index in [-0.39, 0.29) is 11.8 Å². The highest BCUT2D eigenvalue weighted by Crippen LogP contribution is 2.28. The molecular weight excluding hydrogens is 276 g/mol. The molecule has 0 radical (unpaired) electrons. The number of carboxylic acids is 1. The van der Waals surface area contributed by atoms with Crippen molar-refractivity contribution >= 4 is 11.9 Å². The number of carbonyl (C=O) groups is 2. The second kappa shape index (κ2) is 6.71. The normalized spacial score (nSPS) is 17.7. The smallest absolute Gasteiger partial charge is 0.315 e. The van der Waals surface area contributed by atoms with Gasteiger partial charge in [0.2, 0.25) is 5.91 Å². The molecule has 0 bridgehead atoms. The van der Waals surface area contributed by atoms with Crippen molar-refractivity contribution in [2.75, 3.05) is 20.2 Å². The van der Waals surface area contributed by atoms with Gasteiger partial charge in [-0.15, -0.1) is 0 Å². The number of carbonyl (C=O) groups excluding carboxylic acids is 1. The quantitative estimate of drug-likeness (QED) is 0.822. The van der Waals surface area contributed by atoms with E-state index in [1.54, 1.807) is 12.0 Å². The van der Waals surface area contributed by atoms with Crippen LogP contribution in [0.2, 0.25) is 0 Å². The van der Waals surface area contributed by atoms with Crippen LogP contribution < -0.4 is 0 Å². The lowest BCUT2D eigenvalue weighted by Crippen LogP contribution is -2.42. The molecule has 0 aromatic carbocycles. The molecule has 1 atom stereocenters. The van der Waals surface area contributed by atoms with Gasteiger partial charge in [0, 0.05) is 32.2 Å². The van der Waals surface area contributed by atoms with Crippen molar-refractivity contribution in [2.45, 2.75) is 32.3 Å². The topological polar surface area (TPSA) is 92.9 Å². The average Bonchev–Trinajstić information content (AvgIpc) is 2.95. The summed E-state index contributed by atoms with van der Waals surface area (Å²) < 4.78 is 10.2. The van der Waals surface area contributed by atoms with Crippen molar-refractivity contribution in [3.05, 3.63) is 17.5 Å². The number of likely N-dealkylation sites (tertiary alicyclic amines) is 1. The molecule has 7 heteroatoms. The Morgan fingerprint density at radius 3 is 2.76 bits per heavy atom. The predicted molar refractivity (Wildman–Crippen MR) is 72.6 cm³/mol. The van der Waals surface area contributed by atoms with E-state index in [0.717, 1.165) is 18.5 Å². The number of aliphatic carboxylic acids is 1. The Labute approximate surface area is 122 Å². The van der Waals surface area contributed by atoms with Crippen LogP contribution in [0, 0.1) is 5.92 Å². The fraction of sp³-hybridized carbons (Fsp3) is 0.643. The third-order valence-corrected chi connectivity index (χ3v) is 3.83. The van der Waals surface area contributed by atoms with Crippen LogP contribution >= 0.6 is 0 Å². The minimum Gasteiger partial charge on any atom is -0.481 e. The molecule has 1 N–H and O–H groups in total. The van der Waals surface area contributed by atoms with E-state index in [4.69, 9.17) is 14.4 Å². The number of piperidine rings is 1. The lowest BCUT2D eigenvalue weighted by atomic mass is 9.92. The van der Waals surface area contributed by atoms with Gasteiger partial charge in [0.25, 0.3) is 0 Å². The van der Waals surface area contributed by atoms with Gasteiger partial charge in [-0.25, -0.2) is 0 Å². The first kappa shape index (κ1) is 15.5. The third-order valence-electron chi connectivity index (χ3n) is 3.83. The lowest BCUT2D eigenvalue weighted by Gasteiger charge is -2.32. The fourth-order valence-corrected chi connectivity index (χ4v) is 2.51. The summed E-state index contributed by atoms with van der Waals surface area (Å²) in [6.07, 6.45) is 1.52. The molecule has 1 saturated heterocycles. The first-order chi connectivity index (χ1) is 10.0. The number of hydrogen-bond acceptors (Lipinski definition) is 5. The van der Waals surface area contributed by atoms with Crippen LogP contribution in [0.1, 0.15) is 37.1 Å². The van der Waals surface area contributed by atoms with E-state index in [1.165, 1.54) is 6.92 Å². The number of ether oxygens (including phenoxy) is 1. The van der Waals surface area contributed by atoms with Crippen molar-refractivity contribution in [1.82, 2.24) is 10.1 Å². The standard InChI is InChI=1S/C14H20N2O5/c1-9(14(18)19)13(17)16-5-3-10(4-6-16)12-7-11(8-20-2)21-15-12/h7,9-10H,3-6,8H2,1-2H3,(H,18,19). The zero-order chi connectivity index (χ0) is 15.4. The SMILES string of the molecule is COCc1cc(C2CCN(C(=O)C(C)C(=O)O)CC2)no1. The summed E-state index contributed by atoms with van der Waals surface area (Å²) in [6, 6.07) is 1.88. The molecule has 21 heavy (non-hydrogen) atoms. The van der Waals surface area contributed by atoms with Crippen LogP contribution in [0.5, 0.6) is 0 Å². The molecule has 2 rings (SSSR count). The van der Waals surface area contributed by atoms with Crippen LogP contribution in [0.25, 0.3) is 0 Å². The number of carboxylic acid groups (broad SMARTS) is 1. The summed E-state index contributed by atoms with van der Waals surface area (Å²) >= 11 is 0. The van der Waals surface area contributed by atoms with Crippen LogP contribution in [0.15, 0.2) is 10.6 Å². The number of hydrogen-bond donors (Lipinski definition) is 1. The molecule has 1 aliphatic heterocycles. The van der Waals surface area contributed by atoms with Gasteiger partial charge >= 0.3 is 5.97 Å². The first-order valence-electron chi connectivity index (χ1n) is 6.99. The van der Waals surface area contributed by atoms with Gasteiger partial charge in [-0.05, 0) is 19.8 Å². The molecule has 1 aromatic heterocycles. The molecule has 1 aliphatic rings. The van der Waals surface area contributed by atoms with E-state index in [0.29, 0.717) is 25.5 Å². The minimum atomic E-state index is -1.08. The lowest BCUT2D eigenvalue weighted by molar-refractivity contribution is -0.150. The molecule has 0 saturated carbocycles. The van der Waals surface area contributed by atoms with Gasteiger partial charge in [-0.2, -0.15) is 0 Å². The molecule has 1 amide bonds. The first-order valence-corrected chi connectivity index (χ1v) is 6.99. The number of rotatable bonds is 5. The fourth-order valence-electron chi connectivity index (χ4n) is 2.51. The van der Waals surface area contributed by atoms with Gasteiger partial charge < -0.3 is 19.3 Å². The van der Waals surface area contributed by atoms with Crippen molar-refractivity contribution in [3.63, 3.8) is 0 Å². The van der Waals surface area contributed by atoms with Gasteiger partial charge in [0.05, 0.1) is 5.69 Å². The molecule has 7 nitrogen and oxygen atoms in total. The van der Waals surface area contributed by atoms with E-state index in [2.05, 4.69) is 5.16 Å². The van der Waals surface area contributed by atoms with Crippen LogP contribution in [0.4, 0.5) is 0 Å². The maximum absolute atomic E-state index is 12.0. The van der Waals surface area contributed by atoms with Gasteiger partial charge in [0.15, 0.2) is 5.76 Å². The van der Waals surface area contributed by atoms with Crippen molar-refractivity contribution < 1.29 is 24.0 Å². The molecule has 116 valence electrons. The summed E-state index contributed by atoms with van der Waals surface area (Å²) in [4.78, 5) is 24.4. The Morgan fingerprint density at radius 2 is 2.19 bits per heavy atom. The molecule has 1 unspecified atom stereocenters. The van der Waals surface area contributed by atoms with Crippen LogP contribution in [-0.4, -0.2) is 47.2 Å². The number of aromatic nitrogens is 1. The summed E-state index contributed by atoms with van der Waals surface area (Å²) in [6.45, 7) is 2.91. The molecule has 0 aliphatic carbocycles. The highest BCUT2D eigenvalue weighted by molar-refractivity contribution is 5.96. The zero-order valence-corrected chi connectivity index (χ0v) is 12.2. The second-order valence-corrected chi connectivity index (χ2v) is 5.31.